The Labute approximate surface area is 132 Å². The van der Waals surface area contributed by atoms with Crippen LogP contribution in [-0.4, -0.2) is 30.4 Å². The zero-order chi connectivity index (χ0) is 16.7. The number of carbonyl (C=O) groups is 1. The molecule has 0 N–H and O–H groups in total. The van der Waals surface area contributed by atoms with Gasteiger partial charge < -0.3 is 0 Å². The molecule has 1 heterocycles. The Hall–Kier alpha value is -1.65. The van der Waals surface area contributed by atoms with Crippen molar-refractivity contribution in [2.75, 3.05) is 6.26 Å². The van der Waals surface area contributed by atoms with E-state index in [1.165, 1.54) is 13.1 Å². The summed E-state index contributed by atoms with van der Waals surface area (Å²) in [4.78, 5) is 20.3. The second-order valence-corrected chi connectivity index (χ2v) is 7.75. The summed E-state index contributed by atoms with van der Waals surface area (Å²) < 4.78 is 24.1. The van der Waals surface area contributed by atoms with Gasteiger partial charge in [0.25, 0.3) is 0 Å². The molecule has 0 saturated heterocycles. The Kier molecular flexibility index (Phi) is 4.45. The van der Waals surface area contributed by atoms with Gasteiger partial charge in [0.2, 0.25) is 0 Å². The van der Waals surface area contributed by atoms with Crippen LogP contribution in [-0.2, 0) is 9.84 Å². The lowest BCUT2D eigenvalue weighted by atomic mass is 10.1. The second-order valence-electron chi connectivity index (χ2n) is 5.19. The van der Waals surface area contributed by atoms with E-state index in [4.69, 9.17) is 0 Å². The molecule has 0 aliphatic rings. The lowest BCUT2D eigenvalue weighted by Gasteiger charge is -2.14. The average Bonchev–Trinajstić information content (AvgIpc) is 2.41. The van der Waals surface area contributed by atoms with E-state index in [0.29, 0.717) is 17.0 Å². The highest BCUT2D eigenvalue weighted by molar-refractivity contribution is 7.90. The van der Waals surface area contributed by atoms with Crippen molar-refractivity contribution in [2.45, 2.75) is 25.7 Å². The molecule has 7 heteroatoms. The third-order valence-electron chi connectivity index (χ3n) is 3.37. The van der Waals surface area contributed by atoms with Crippen LogP contribution in [0.15, 0.2) is 23.2 Å². The van der Waals surface area contributed by atoms with Crippen molar-refractivity contribution in [1.29, 1.82) is 0 Å². The van der Waals surface area contributed by atoms with Gasteiger partial charge in [-0.25, -0.2) is 13.4 Å². The van der Waals surface area contributed by atoms with Crippen LogP contribution >= 0.6 is 9.24 Å². The lowest BCUT2D eigenvalue weighted by molar-refractivity contribution is 0.101. The quantitative estimate of drug-likeness (QED) is 0.632. The van der Waals surface area contributed by atoms with Gasteiger partial charge in [0.1, 0.15) is 5.69 Å². The van der Waals surface area contributed by atoms with E-state index in [1.807, 2.05) is 6.92 Å². The molecule has 0 amide bonds. The highest BCUT2D eigenvalue weighted by atomic mass is 32.2. The zero-order valence-corrected chi connectivity index (χ0v) is 14.8. The largest absolute Gasteiger partial charge is 0.293 e. The molecule has 0 aliphatic carbocycles. The minimum atomic E-state index is -3.43. The summed E-state index contributed by atoms with van der Waals surface area (Å²) in [5.74, 6) is -0.203. The maximum atomic E-state index is 12.1. The lowest BCUT2D eigenvalue weighted by Crippen LogP contribution is -2.12. The van der Waals surface area contributed by atoms with Crippen LogP contribution in [0.2, 0.25) is 0 Å². The van der Waals surface area contributed by atoms with Crippen molar-refractivity contribution < 1.29 is 13.2 Å². The Morgan fingerprint density at radius 1 is 1.23 bits per heavy atom. The van der Waals surface area contributed by atoms with Gasteiger partial charge in [-0.1, -0.05) is 6.07 Å². The van der Waals surface area contributed by atoms with Crippen molar-refractivity contribution in [3.63, 3.8) is 0 Å². The molecule has 2 aromatic rings. The van der Waals surface area contributed by atoms with Gasteiger partial charge >= 0.3 is 0 Å². The van der Waals surface area contributed by atoms with Gasteiger partial charge in [-0.3, -0.25) is 9.78 Å². The van der Waals surface area contributed by atoms with E-state index in [9.17, 15) is 13.2 Å². The zero-order valence-electron chi connectivity index (χ0n) is 12.8. The molecule has 1 atom stereocenters. The first-order valence-electron chi connectivity index (χ1n) is 6.57. The number of aryl methyl sites for hydroxylation is 2. The van der Waals surface area contributed by atoms with Crippen molar-refractivity contribution in [3.05, 3.63) is 35.3 Å². The normalized spacial score (nSPS) is 11.5. The molecule has 1 aromatic heterocycles. The molecule has 22 heavy (non-hydrogen) atoms. The molecule has 2 rings (SSSR count). The molecular formula is C15H17N2O3PS. The average molecular weight is 336 g/mol. The molecule has 116 valence electrons. The summed E-state index contributed by atoms with van der Waals surface area (Å²) in [6, 6.07) is 3.30. The van der Waals surface area contributed by atoms with Crippen LogP contribution in [0.1, 0.15) is 28.7 Å². The Bertz CT molecular complexity index is 877. The third kappa shape index (κ3) is 3.08. The van der Waals surface area contributed by atoms with Crippen molar-refractivity contribution >= 4 is 30.2 Å². The fraction of sp³-hybridized carbons (Fsp3) is 0.267. The van der Waals surface area contributed by atoms with Crippen LogP contribution in [0.3, 0.4) is 0 Å². The van der Waals surface area contributed by atoms with Gasteiger partial charge in [-0.05, 0) is 30.8 Å². The number of ketones is 1. The number of benzene rings is 1. The molecule has 1 aromatic carbocycles. The van der Waals surface area contributed by atoms with Crippen molar-refractivity contribution in [3.8, 4) is 11.3 Å². The number of nitrogens with zero attached hydrogens (tertiary/aromatic N) is 2. The maximum absolute atomic E-state index is 12.1. The van der Waals surface area contributed by atoms with Crippen LogP contribution in [0.4, 0.5) is 0 Å². The molecule has 0 saturated carbocycles. The van der Waals surface area contributed by atoms with E-state index < -0.39 is 9.84 Å². The first-order chi connectivity index (χ1) is 10.1. The number of rotatable bonds is 3. The fourth-order valence-electron chi connectivity index (χ4n) is 2.18. The van der Waals surface area contributed by atoms with Gasteiger partial charge in [0, 0.05) is 18.7 Å². The molecular weight excluding hydrogens is 319 g/mol. The SMILES string of the molecule is CC(=O)c1nc(-c2c(S(C)(=O)=O)ccc(C)c2P)cnc1C. The first-order valence-corrected chi connectivity index (χ1v) is 9.04. The predicted octanol–water partition coefficient (Wildman–Crippen LogP) is 1.87. The third-order valence-corrected chi connectivity index (χ3v) is 5.25. The summed E-state index contributed by atoms with van der Waals surface area (Å²) in [7, 11) is -0.886. The Morgan fingerprint density at radius 3 is 2.41 bits per heavy atom. The summed E-state index contributed by atoms with van der Waals surface area (Å²) in [5.41, 5.74) is 2.55. The molecule has 0 bridgehead atoms. The number of sulfone groups is 1. The van der Waals surface area contributed by atoms with E-state index in [-0.39, 0.29) is 16.4 Å². The highest BCUT2D eigenvalue weighted by Crippen LogP contribution is 2.27. The van der Waals surface area contributed by atoms with Gasteiger partial charge in [-0.15, -0.1) is 9.24 Å². The molecule has 0 fully saturated rings. The van der Waals surface area contributed by atoms with Gasteiger partial charge in [0.15, 0.2) is 15.6 Å². The van der Waals surface area contributed by atoms with E-state index >= 15 is 0 Å². The van der Waals surface area contributed by atoms with Gasteiger partial charge in [0.05, 0.1) is 22.5 Å². The minimum absolute atomic E-state index is 0.177. The van der Waals surface area contributed by atoms with Gasteiger partial charge in [-0.2, -0.15) is 0 Å². The number of carbonyl (C=O) groups excluding carboxylic acids is 1. The smallest absolute Gasteiger partial charge is 0.179 e. The van der Waals surface area contributed by atoms with Crippen LogP contribution in [0, 0.1) is 13.8 Å². The van der Waals surface area contributed by atoms with Crippen LogP contribution in [0.5, 0.6) is 0 Å². The number of hydrogen-bond acceptors (Lipinski definition) is 5. The fourth-order valence-corrected chi connectivity index (χ4v) is 3.58. The summed E-state index contributed by atoms with van der Waals surface area (Å²) in [6.07, 6.45) is 2.65. The minimum Gasteiger partial charge on any atom is -0.293 e. The molecule has 0 radical (unpaired) electrons. The number of hydrogen-bond donors (Lipinski definition) is 0. The monoisotopic (exact) mass is 336 g/mol. The maximum Gasteiger partial charge on any atom is 0.179 e. The van der Waals surface area contributed by atoms with Crippen molar-refractivity contribution in [2.24, 2.45) is 0 Å². The van der Waals surface area contributed by atoms with Crippen LogP contribution in [0.25, 0.3) is 11.3 Å². The van der Waals surface area contributed by atoms with Crippen molar-refractivity contribution in [1.82, 2.24) is 9.97 Å². The number of Topliss-reactive ketones (excluding diaryl/α,β-unsaturated/α-hetero) is 1. The number of aromatic nitrogens is 2. The summed E-state index contributed by atoms with van der Waals surface area (Å²) in [5, 5.41) is 0.732. The molecule has 0 spiro atoms. The predicted molar refractivity (Wildman–Crippen MR) is 89.4 cm³/mol. The summed E-state index contributed by atoms with van der Waals surface area (Å²) >= 11 is 0. The van der Waals surface area contributed by atoms with E-state index in [0.717, 1.165) is 17.1 Å². The van der Waals surface area contributed by atoms with E-state index in [2.05, 4.69) is 19.2 Å². The standard InChI is InChI=1S/C15H17N2O3PS/c1-8-5-6-12(22(4,19)20)13(15(8)21)11-7-16-9(2)14(17-11)10(3)18/h5-7H,21H2,1-4H3. The van der Waals surface area contributed by atoms with Crippen LogP contribution < -0.4 is 5.30 Å². The topological polar surface area (TPSA) is 77.0 Å². The summed E-state index contributed by atoms with van der Waals surface area (Å²) in [6.45, 7) is 4.99. The Morgan fingerprint density at radius 2 is 1.86 bits per heavy atom. The molecule has 5 nitrogen and oxygen atoms in total. The molecule has 0 aliphatic heterocycles. The van der Waals surface area contributed by atoms with E-state index in [1.54, 1.807) is 19.1 Å². The Balaban J connectivity index is 2.85. The molecule has 1 unspecified atom stereocenters. The highest BCUT2D eigenvalue weighted by Gasteiger charge is 2.20. The second kappa shape index (κ2) is 5.86. The first kappa shape index (κ1) is 16.7.